The Hall–Kier alpha value is -1.82. The van der Waals surface area contributed by atoms with E-state index in [1.807, 2.05) is 37.3 Å². The Bertz CT molecular complexity index is 687. The Morgan fingerprint density at radius 1 is 1.15 bits per heavy atom. The zero-order chi connectivity index (χ0) is 17.5. The number of carbonyl (C=O) groups excluding carboxylic acids is 1. The maximum atomic E-state index is 12.1. The van der Waals surface area contributed by atoms with Gasteiger partial charge in [-0.15, -0.1) is 24.8 Å². The number of amides is 1. The fraction of sp³-hybridized carbons (Fsp3) is 0.400. The van der Waals surface area contributed by atoms with E-state index in [1.165, 1.54) is 18.4 Å². The number of hydrogen-bond donors (Lipinski definition) is 2. The molecule has 1 aromatic heterocycles. The molecule has 2 N–H and O–H groups in total. The first-order valence-electron chi connectivity index (χ1n) is 8.90. The lowest BCUT2D eigenvalue weighted by molar-refractivity contribution is -0.116. The summed E-state index contributed by atoms with van der Waals surface area (Å²) < 4.78 is 5.69. The van der Waals surface area contributed by atoms with Gasteiger partial charge in [-0.2, -0.15) is 0 Å². The van der Waals surface area contributed by atoms with Crippen LogP contribution in [-0.4, -0.2) is 24.0 Å². The quantitative estimate of drug-likeness (QED) is 0.719. The summed E-state index contributed by atoms with van der Waals surface area (Å²) in [5.74, 6) is 1.97. The standard InChI is InChI=1S/C20H25N3O2.2ClH/c1-15-2-6-18(7-3-15)25-20-9-5-17(14-22-20)23-19(24)8-4-16-10-12-21-13-11-16;;/h2-3,5-7,9,14,16,21H,4,8,10-13H2,1H3,(H,23,24);2*1H. The van der Waals surface area contributed by atoms with E-state index in [4.69, 9.17) is 4.74 Å². The molecular weight excluding hydrogens is 385 g/mol. The van der Waals surface area contributed by atoms with Crippen molar-refractivity contribution >= 4 is 36.4 Å². The van der Waals surface area contributed by atoms with Crippen LogP contribution in [0.25, 0.3) is 0 Å². The van der Waals surface area contributed by atoms with Gasteiger partial charge in [0.2, 0.25) is 11.8 Å². The molecule has 0 radical (unpaired) electrons. The molecule has 7 heteroatoms. The average Bonchev–Trinajstić information content (AvgIpc) is 2.64. The van der Waals surface area contributed by atoms with E-state index in [1.54, 1.807) is 12.3 Å². The van der Waals surface area contributed by atoms with Crippen molar-refractivity contribution in [3.8, 4) is 11.6 Å². The van der Waals surface area contributed by atoms with Crippen molar-refractivity contribution in [3.05, 3.63) is 48.2 Å². The van der Waals surface area contributed by atoms with Crippen LogP contribution < -0.4 is 15.4 Å². The number of carbonyl (C=O) groups is 1. The second kappa shape index (κ2) is 11.8. The Balaban J connectivity index is 0.00000182. The van der Waals surface area contributed by atoms with Gasteiger partial charge in [-0.3, -0.25) is 4.79 Å². The number of hydrogen-bond acceptors (Lipinski definition) is 4. The van der Waals surface area contributed by atoms with Gasteiger partial charge in [0.1, 0.15) is 5.75 Å². The summed E-state index contributed by atoms with van der Waals surface area (Å²) in [6.07, 6.45) is 5.48. The monoisotopic (exact) mass is 411 g/mol. The first-order chi connectivity index (χ1) is 12.2. The maximum absolute atomic E-state index is 12.1. The second-order valence-electron chi connectivity index (χ2n) is 6.58. The summed E-state index contributed by atoms with van der Waals surface area (Å²) in [6, 6.07) is 11.4. The summed E-state index contributed by atoms with van der Waals surface area (Å²) in [6.45, 7) is 4.17. The van der Waals surface area contributed by atoms with E-state index < -0.39 is 0 Å². The molecule has 27 heavy (non-hydrogen) atoms. The third kappa shape index (κ3) is 7.75. The summed E-state index contributed by atoms with van der Waals surface area (Å²) in [5, 5.41) is 6.25. The summed E-state index contributed by atoms with van der Waals surface area (Å²) in [5.41, 5.74) is 1.88. The summed E-state index contributed by atoms with van der Waals surface area (Å²) in [4.78, 5) is 16.3. The lowest BCUT2D eigenvalue weighted by Crippen LogP contribution is -2.28. The first kappa shape index (κ1) is 23.2. The molecule has 1 fully saturated rings. The SMILES string of the molecule is Cc1ccc(Oc2ccc(NC(=O)CCC3CCNCC3)cn2)cc1.Cl.Cl. The van der Waals surface area contributed by atoms with Crippen LogP contribution in [0, 0.1) is 12.8 Å². The topological polar surface area (TPSA) is 63.2 Å². The van der Waals surface area contributed by atoms with Crippen molar-refractivity contribution in [2.75, 3.05) is 18.4 Å². The molecule has 1 aliphatic heterocycles. The molecule has 0 bridgehead atoms. The zero-order valence-corrected chi connectivity index (χ0v) is 17.1. The van der Waals surface area contributed by atoms with Crippen LogP contribution in [0.4, 0.5) is 5.69 Å². The number of pyridine rings is 1. The van der Waals surface area contributed by atoms with Crippen LogP contribution in [0.2, 0.25) is 0 Å². The van der Waals surface area contributed by atoms with Crippen LogP contribution in [0.5, 0.6) is 11.6 Å². The van der Waals surface area contributed by atoms with Crippen LogP contribution in [0.3, 0.4) is 0 Å². The Morgan fingerprint density at radius 2 is 1.85 bits per heavy atom. The highest BCUT2D eigenvalue weighted by Crippen LogP contribution is 2.21. The van der Waals surface area contributed by atoms with E-state index in [9.17, 15) is 4.79 Å². The van der Waals surface area contributed by atoms with Crippen molar-refractivity contribution in [3.63, 3.8) is 0 Å². The number of halogens is 2. The number of nitrogens with one attached hydrogen (secondary N) is 2. The molecule has 1 saturated heterocycles. The van der Waals surface area contributed by atoms with Gasteiger partial charge >= 0.3 is 0 Å². The van der Waals surface area contributed by atoms with Gasteiger partial charge in [-0.1, -0.05) is 17.7 Å². The van der Waals surface area contributed by atoms with Gasteiger partial charge in [0.05, 0.1) is 11.9 Å². The second-order valence-corrected chi connectivity index (χ2v) is 6.58. The Morgan fingerprint density at radius 3 is 2.48 bits per heavy atom. The molecule has 5 nitrogen and oxygen atoms in total. The smallest absolute Gasteiger partial charge is 0.224 e. The molecule has 2 heterocycles. The number of rotatable bonds is 6. The van der Waals surface area contributed by atoms with Crippen LogP contribution >= 0.6 is 24.8 Å². The third-order valence-electron chi connectivity index (χ3n) is 4.50. The molecule has 0 spiro atoms. The van der Waals surface area contributed by atoms with E-state index in [0.29, 0.717) is 23.9 Å². The number of aromatic nitrogens is 1. The molecule has 0 aliphatic carbocycles. The molecule has 0 saturated carbocycles. The zero-order valence-electron chi connectivity index (χ0n) is 15.4. The Labute approximate surface area is 173 Å². The maximum Gasteiger partial charge on any atom is 0.224 e. The molecule has 1 aliphatic rings. The lowest BCUT2D eigenvalue weighted by atomic mass is 9.93. The average molecular weight is 412 g/mol. The van der Waals surface area contributed by atoms with Crippen molar-refractivity contribution in [2.45, 2.75) is 32.6 Å². The van der Waals surface area contributed by atoms with Gasteiger partial charge in [0, 0.05) is 12.5 Å². The molecule has 2 aromatic rings. The van der Waals surface area contributed by atoms with Crippen LogP contribution in [-0.2, 0) is 4.79 Å². The minimum absolute atomic E-state index is 0. The molecule has 3 rings (SSSR count). The molecule has 148 valence electrons. The fourth-order valence-corrected chi connectivity index (χ4v) is 2.97. The van der Waals surface area contributed by atoms with Gasteiger partial charge in [0.15, 0.2) is 0 Å². The molecular formula is C20H27Cl2N3O2. The third-order valence-corrected chi connectivity index (χ3v) is 4.50. The number of benzene rings is 1. The van der Waals surface area contributed by atoms with Gasteiger partial charge in [-0.25, -0.2) is 4.98 Å². The number of ether oxygens (including phenoxy) is 1. The Kier molecular flexibility index (Phi) is 10.1. The van der Waals surface area contributed by atoms with Gasteiger partial charge in [-0.05, 0) is 63.4 Å². The van der Waals surface area contributed by atoms with Crippen molar-refractivity contribution in [1.82, 2.24) is 10.3 Å². The number of piperidine rings is 1. The number of anilines is 1. The number of nitrogens with zero attached hydrogens (tertiary/aromatic N) is 1. The molecule has 0 atom stereocenters. The lowest BCUT2D eigenvalue weighted by Gasteiger charge is -2.22. The molecule has 0 unspecified atom stereocenters. The van der Waals surface area contributed by atoms with Crippen molar-refractivity contribution < 1.29 is 9.53 Å². The number of aryl methyl sites for hydroxylation is 1. The highest BCUT2D eigenvalue weighted by atomic mass is 35.5. The minimum Gasteiger partial charge on any atom is -0.439 e. The highest BCUT2D eigenvalue weighted by Gasteiger charge is 2.14. The van der Waals surface area contributed by atoms with E-state index in [2.05, 4.69) is 15.6 Å². The highest BCUT2D eigenvalue weighted by molar-refractivity contribution is 5.90. The van der Waals surface area contributed by atoms with Gasteiger partial charge in [0.25, 0.3) is 0 Å². The van der Waals surface area contributed by atoms with E-state index in [0.717, 1.165) is 25.3 Å². The summed E-state index contributed by atoms with van der Waals surface area (Å²) >= 11 is 0. The van der Waals surface area contributed by atoms with Gasteiger partial charge < -0.3 is 15.4 Å². The normalized spacial score (nSPS) is 13.8. The summed E-state index contributed by atoms with van der Waals surface area (Å²) in [7, 11) is 0. The predicted molar refractivity (Wildman–Crippen MR) is 113 cm³/mol. The molecule has 1 aromatic carbocycles. The van der Waals surface area contributed by atoms with E-state index in [-0.39, 0.29) is 30.7 Å². The fourth-order valence-electron chi connectivity index (χ4n) is 2.97. The van der Waals surface area contributed by atoms with Crippen LogP contribution in [0.1, 0.15) is 31.2 Å². The first-order valence-corrected chi connectivity index (χ1v) is 8.90. The molecule has 1 amide bonds. The predicted octanol–water partition coefficient (Wildman–Crippen LogP) is 4.74. The van der Waals surface area contributed by atoms with Crippen molar-refractivity contribution in [2.24, 2.45) is 5.92 Å². The largest absolute Gasteiger partial charge is 0.439 e. The van der Waals surface area contributed by atoms with Crippen molar-refractivity contribution in [1.29, 1.82) is 0 Å². The van der Waals surface area contributed by atoms with E-state index >= 15 is 0 Å². The van der Waals surface area contributed by atoms with Crippen LogP contribution in [0.15, 0.2) is 42.6 Å². The minimum atomic E-state index is 0.